The van der Waals surface area contributed by atoms with Crippen LogP contribution >= 0.6 is 0 Å². The number of carbonyl (C=O) groups excluding carboxylic acids is 1. The number of amides is 1. The molecular formula is C12H14N2O6. The number of hydrogen-bond acceptors (Lipinski definition) is 5. The Bertz CT molecular complexity index is 538. The minimum Gasteiger partial charge on any atom is -0.480 e. The molecule has 108 valence electrons. The summed E-state index contributed by atoms with van der Waals surface area (Å²) in [5.74, 6) is -2.42. The molecule has 1 unspecified atom stereocenters. The van der Waals surface area contributed by atoms with Gasteiger partial charge in [0, 0.05) is 6.54 Å². The molecule has 1 atom stereocenters. The summed E-state index contributed by atoms with van der Waals surface area (Å²) in [5, 5.41) is 19.7. The van der Waals surface area contributed by atoms with Gasteiger partial charge in [0.15, 0.2) is 5.76 Å². The van der Waals surface area contributed by atoms with Crippen LogP contribution in [0.15, 0.2) is 16.5 Å². The monoisotopic (exact) mass is 282 g/mol. The molecule has 2 heterocycles. The summed E-state index contributed by atoms with van der Waals surface area (Å²) in [5.41, 5.74) is 0. The summed E-state index contributed by atoms with van der Waals surface area (Å²) >= 11 is 0. The number of rotatable bonds is 3. The van der Waals surface area contributed by atoms with Crippen LogP contribution in [0.5, 0.6) is 0 Å². The standard InChI is InChI=1S/C12H14N2O6/c15-11(9-5-6-10(20-9)14(18)19)13-7-3-1-2-4-8(13)12(16)17/h5-6,8H,1-4,7H2,(H,16,17). The van der Waals surface area contributed by atoms with Crippen molar-refractivity contribution in [2.24, 2.45) is 0 Å². The first kappa shape index (κ1) is 14.0. The predicted octanol–water partition coefficient (Wildman–Crippen LogP) is 1.66. The van der Waals surface area contributed by atoms with Crippen LogP contribution < -0.4 is 0 Å². The highest BCUT2D eigenvalue weighted by Crippen LogP contribution is 2.22. The van der Waals surface area contributed by atoms with Gasteiger partial charge in [0.2, 0.25) is 0 Å². The van der Waals surface area contributed by atoms with Gasteiger partial charge in [-0.05, 0) is 18.9 Å². The molecule has 0 saturated carbocycles. The number of nitrogens with zero attached hydrogens (tertiary/aromatic N) is 2. The number of nitro groups is 1. The highest BCUT2D eigenvalue weighted by Gasteiger charge is 2.33. The minimum absolute atomic E-state index is 0.204. The van der Waals surface area contributed by atoms with Gasteiger partial charge in [0.25, 0.3) is 5.91 Å². The minimum atomic E-state index is -1.07. The van der Waals surface area contributed by atoms with Gasteiger partial charge in [-0.3, -0.25) is 14.9 Å². The topological polar surface area (TPSA) is 114 Å². The molecule has 0 aliphatic carbocycles. The van der Waals surface area contributed by atoms with Crippen LogP contribution in [0.4, 0.5) is 5.88 Å². The lowest BCUT2D eigenvalue weighted by molar-refractivity contribution is -0.402. The van der Waals surface area contributed by atoms with E-state index in [1.165, 1.54) is 11.0 Å². The van der Waals surface area contributed by atoms with Crippen molar-refractivity contribution in [3.05, 3.63) is 28.0 Å². The Morgan fingerprint density at radius 2 is 2.10 bits per heavy atom. The molecule has 1 aliphatic heterocycles. The molecule has 8 nitrogen and oxygen atoms in total. The van der Waals surface area contributed by atoms with Gasteiger partial charge in [0.05, 0.1) is 6.07 Å². The Hall–Kier alpha value is -2.38. The number of furan rings is 1. The lowest BCUT2D eigenvalue weighted by Gasteiger charge is -2.25. The number of carboxylic acid groups (broad SMARTS) is 1. The molecule has 0 aromatic carbocycles. The Balaban J connectivity index is 2.23. The summed E-state index contributed by atoms with van der Waals surface area (Å²) in [6, 6.07) is 1.37. The second-order valence-corrected chi connectivity index (χ2v) is 4.60. The molecule has 1 amide bonds. The fraction of sp³-hybridized carbons (Fsp3) is 0.500. The van der Waals surface area contributed by atoms with Crippen LogP contribution in [0.3, 0.4) is 0 Å². The number of hydrogen-bond donors (Lipinski definition) is 1. The molecule has 20 heavy (non-hydrogen) atoms. The van der Waals surface area contributed by atoms with Crippen LogP contribution in [0, 0.1) is 10.1 Å². The molecule has 8 heteroatoms. The second-order valence-electron chi connectivity index (χ2n) is 4.60. The van der Waals surface area contributed by atoms with E-state index in [0.29, 0.717) is 19.4 Å². The maximum absolute atomic E-state index is 12.2. The van der Waals surface area contributed by atoms with Gasteiger partial charge in [-0.1, -0.05) is 12.8 Å². The fourth-order valence-corrected chi connectivity index (χ4v) is 2.29. The predicted molar refractivity (Wildman–Crippen MR) is 66.3 cm³/mol. The van der Waals surface area contributed by atoms with Crippen molar-refractivity contribution in [3.63, 3.8) is 0 Å². The third-order valence-corrected chi connectivity index (χ3v) is 3.28. The van der Waals surface area contributed by atoms with Crippen LogP contribution in [0.1, 0.15) is 36.2 Å². The smallest absolute Gasteiger partial charge is 0.433 e. The van der Waals surface area contributed by atoms with E-state index in [4.69, 9.17) is 4.42 Å². The largest absolute Gasteiger partial charge is 0.480 e. The highest BCUT2D eigenvalue weighted by atomic mass is 16.6. The van der Waals surface area contributed by atoms with Gasteiger partial charge in [-0.25, -0.2) is 4.79 Å². The average molecular weight is 282 g/mol. The van der Waals surface area contributed by atoms with Crippen molar-refractivity contribution < 1.29 is 24.0 Å². The molecule has 1 aromatic rings. The van der Waals surface area contributed by atoms with E-state index in [-0.39, 0.29) is 5.76 Å². The highest BCUT2D eigenvalue weighted by molar-refractivity contribution is 5.94. The third-order valence-electron chi connectivity index (χ3n) is 3.28. The Kier molecular flexibility index (Phi) is 4.02. The zero-order valence-corrected chi connectivity index (χ0v) is 10.7. The van der Waals surface area contributed by atoms with Crippen molar-refractivity contribution >= 4 is 17.8 Å². The van der Waals surface area contributed by atoms with Crippen molar-refractivity contribution in [3.8, 4) is 0 Å². The molecule has 0 spiro atoms. The van der Waals surface area contributed by atoms with Crippen molar-refractivity contribution in [1.82, 2.24) is 4.90 Å². The van der Waals surface area contributed by atoms with Crippen LogP contribution in [0.25, 0.3) is 0 Å². The van der Waals surface area contributed by atoms with Gasteiger partial charge >= 0.3 is 11.9 Å². The molecule has 1 aliphatic rings. The van der Waals surface area contributed by atoms with Gasteiger partial charge in [-0.2, -0.15) is 0 Å². The maximum Gasteiger partial charge on any atom is 0.433 e. The van der Waals surface area contributed by atoms with E-state index in [0.717, 1.165) is 18.9 Å². The Morgan fingerprint density at radius 3 is 2.70 bits per heavy atom. The number of carboxylic acids is 1. The van der Waals surface area contributed by atoms with E-state index in [2.05, 4.69) is 0 Å². The second kappa shape index (κ2) is 5.72. The number of likely N-dealkylation sites (tertiary alicyclic amines) is 1. The fourth-order valence-electron chi connectivity index (χ4n) is 2.29. The molecule has 1 saturated heterocycles. The van der Waals surface area contributed by atoms with Crippen molar-refractivity contribution in [2.75, 3.05) is 6.54 Å². The zero-order valence-electron chi connectivity index (χ0n) is 10.7. The van der Waals surface area contributed by atoms with E-state index >= 15 is 0 Å². The molecule has 0 radical (unpaired) electrons. The quantitative estimate of drug-likeness (QED) is 0.666. The average Bonchev–Trinajstić information content (AvgIpc) is 2.76. The number of carbonyl (C=O) groups is 2. The van der Waals surface area contributed by atoms with E-state index in [1.807, 2.05) is 0 Å². The van der Waals surface area contributed by atoms with Crippen molar-refractivity contribution in [2.45, 2.75) is 31.7 Å². The molecule has 1 aromatic heterocycles. The first-order valence-corrected chi connectivity index (χ1v) is 6.28. The molecule has 2 rings (SSSR count). The Labute approximate surface area is 114 Å². The van der Waals surface area contributed by atoms with Gasteiger partial charge < -0.3 is 14.4 Å². The summed E-state index contributed by atoms with van der Waals surface area (Å²) in [6.07, 6.45) is 2.67. The lowest BCUT2D eigenvalue weighted by atomic mass is 10.1. The molecule has 1 fully saturated rings. The van der Waals surface area contributed by atoms with E-state index < -0.39 is 28.7 Å². The summed E-state index contributed by atoms with van der Waals surface area (Å²) < 4.78 is 4.85. The zero-order chi connectivity index (χ0) is 14.7. The summed E-state index contributed by atoms with van der Waals surface area (Å²) in [7, 11) is 0. The first-order valence-electron chi connectivity index (χ1n) is 6.28. The first-order chi connectivity index (χ1) is 9.50. The normalized spacial score (nSPS) is 19.4. The van der Waals surface area contributed by atoms with Crippen LogP contribution in [0.2, 0.25) is 0 Å². The molecule has 1 N–H and O–H groups in total. The van der Waals surface area contributed by atoms with E-state index in [9.17, 15) is 24.8 Å². The third kappa shape index (κ3) is 2.79. The lowest BCUT2D eigenvalue weighted by Crippen LogP contribution is -2.44. The SMILES string of the molecule is O=C(O)C1CCCCCN1C(=O)c1ccc([N+](=O)[O-])o1. The number of aliphatic carboxylic acids is 1. The summed E-state index contributed by atoms with van der Waals surface area (Å²) in [4.78, 5) is 34.5. The van der Waals surface area contributed by atoms with Gasteiger partial charge in [0.1, 0.15) is 11.0 Å². The Morgan fingerprint density at radius 1 is 1.35 bits per heavy atom. The van der Waals surface area contributed by atoms with Crippen molar-refractivity contribution in [1.29, 1.82) is 0 Å². The van der Waals surface area contributed by atoms with Crippen LogP contribution in [-0.4, -0.2) is 39.4 Å². The van der Waals surface area contributed by atoms with E-state index in [1.54, 1.807) is 0 Å². The molecule has 0 bridgehead atoms. The summed E-state index contributed by atoms with van der Waals surface area (Å²) in [6.45, 7) is 0.310. The van der Waals surface area contributed by atoms with Crippen LogP contribution in [-0.2, 0) is 4.79 Å². The van der Waals surface area contributed by atoms with Gasteiger partial charge in [-0.15, -0.1) is 0 Å². The molecular weight excluding hydrogens is 268 g/mol. The maximum atomic E-state index is 12.2.